The van der Waals surface area contributed by atoms with Crippen LogP contribution in [0.4, 0.5) is 10.2 Å². The first-order chi connectivity index (χ1) is 20.0. The topological polar surface area (TPSA) is 99.8 Å². The SMILES string of the molecule is CCc1cccc2cc(O)cc(-c3nc4nc(OC[C@@]56CCCN5C[C@H](F)C6)nc(N5CC6CCC(C5)N6)c4o3)c12. The molecule has 4 aliphatic rings. The predicted molar refractivity (Wildman–Crippen MR) is 154 cm³/mol. The lowest BCUT2D eigenvalue weighted by atomic mass is 9.95. The van der Waals surface area contributed by atoms with E-state index < -0.39 is 6.17 Å². The van der Waals surface area contributed by atoms with E-state index in [1.54, 1.807) is 12.1 Å². The number of aromatic hydroxyl groups is 1. The van der Waals surface area contributed by atoms with E-state index in [4.69, 9.17) is 24.1 Å². The van der Waals surface area contributed by atoms with Gasteiger partial charge in [0.05, 0.1) is 5.54 Å². The number of alkyl halides is 1. The lowest BCUT2D eigenvalue weighted by molar-refractivity contribution is 0.107. The second kappa shape index (κ2) is 9.52. The zero-order chi connectivity index (χ0) is 27.7. The first kappa shape index (κ1) is 25.2. The second-order valence-electron chi connectivity index (χ2n) is 12.3. The molecule has 0 amide bonds. The van der Waals surface area contributed by atoms with E-state index in [2.05, 4.69) is 28.1 Å². The minimum atomic E-state index is -0.822. The summed E-state index contributed by atoms with van der Waals surface area (Å²) in [6.07, 6.45) is 4.74. The Morgan fingerprint density at radius 2 is 2.00 bits per heavy atom. The highest BCUT2D eigenvalue weighted by Gasteiger charge is 2.49. The van der Waals surface area contributed by atoms with Gasteiger partial charge in [0.25, 0.3) is 0 Å². The van der Waals surface area contributed by atoms with Crippen LogP contribution in [0.3, 0.4) is 0 Å². The summed E-state index contributed by atoms with van der Waals surface area (Å²) in [5, 5.41) is 16.2. The molecule has 0 spiro atoms. The van der Waals surface area contributed by atoms with Crippen molar-refractivity contribution < 1.29 is 18.7 Å². The van der Waals surface area contributed by atoms with Crippen molar-refractivity contribution in [2.24, 2.45) is 0 Å². The van der Waals surface area contributed by atoms with Gasteiger partial charge < -0.3 is 24.5 Å². The van der Waals surface area contributed by atoms with Crippen LogP contribution in [0.15, 0.2) is 34.7 Å². The molecule has 41 heavy (non-hydrogen) atoms. The molecule has 2 unspecified atom stereocenters. The van der Waals surface area contributed by atoms with Crippen molar-refractivity contribution in [3.05, 3.63) is 35.9 Å². The van der Waals surface area contributed by atoms with Crippen molar-refractivity contribution in [2.45, 2.75) is 69.2 Å². The lowest BCUT2D eigenvalue weighted by Gasteiger charge is -2.33. The van der Waals surface area contributed by atoms with Crippen LogP contribution < -0.4 is 15.0 Å². The van der Waals surface area contributed by atoms with Gasteiger partial charge in [-0.25, -0.2) is 4.39 Å². The molecule has 4 fully saturated rings. The Bertz CT molecular complexity index is 1630. The molecule has 0 saturated carbocycles. The summed E-state index contributed by atoms with van der Waals surface area (Å²) in [5.74, 6) is 1.22. The number of phenols is 1. The number of aryl methyl sites for hydroxylation is 1. The van der Waals surface area contributed by atoms with Crippen molar-refractivity contribution >= 4 is 27.8 Å². The standard InChI is InChI=1S/C31H35FN6O3/c1-2-18-5-3-6-19-11-23(39)12-24(25(18)19)29-34-27-26(41-29)28(37-15-21-7-8-22(16-37)33-21)36-30(35-27)40-17-31-9-4-10-38(31)14-20(32)13-31/h3,5-6,11-12,20-22,33,39H,2,4,7-10,13-17H2,1H3/t20-,21?,22?,31+/m1/s1. The zero-order valence-corrected chi connectivity index (χ0v) is 23.3. The van der Waals surface area contributed by atoms with Crippen LogP contribution in [0, 0.1) is 0 Å². The lowest BCUT2D eigenvalue weighted by Crippen LogP contribution is -2.51. The zero-order valence-electron chi connectivity index (χ0n) is 23.3. The smallest absolute Gasteiger partial charge is 0.320 e. The Labute approximate surface area is 237 Å². The van der Waals surface area contributed by atoms with Gasteiger partial charge in [-0.3, -0.25) is 4.90 Å². The van der Waals surface area contributed by atoms with E-state index in [1.807, 2.05) is 12.1 Å². The highest BCUT2D eigenvalue weighted by molar-refractivity contribution is 5.99. The number of fused-ring (bicyclic) bond motifs is 5. The van der Waals surface area contributed by atoms with Gasteiger partial charge >= 0.3 is 6.01 Å². The second-order valence-corrected chi connectivity index (χ2v) is 12.3. The fraction of sp³-hybridized carbons (Fsp3) is 0.516. The van der Waals surface area contributed by atoms with E-state index in [9.17, 15) is 9.50 Å². The van der Waals surface area contributed by atoms with Crippen molar-refractivity contribution in [2.75, 3.05) is 37.7 Å². The number of oxazole rings is 1. The van der Waals surface area contributed by atoms with Crippen LogP contribution >= 0.6 is 0 Å². The number of nitrogens with one attached hydrogen (secondary N) is 1. The van der Waals surface area contributed by atoms with Gasteiger partial charge in [0.15, 0.2) is 5.82 Å². The van der Waals surface area contributed by atoms with E-state index in [1.165, 1.54) is 0 Å². The summed E-state index contributed by atoms with van der Waals surface area (Å²) in [5.41, 5.74) is 2.52. The number of nitrogens with zero attached hydrogens (tertiary/aromatic N) is 5. The first-order valence-corrected chi connectivity index (χ1v) is 14.9. The highest BCUT2D eigenvalue weighted by atomic mass is 19.1. The van der Waals surface area contributed by atoms with Gasteiger partial charge in [-0.15, -0.1) is 0 Å². The molecule has 214 valence electrons. The van der Waals surface area contributed by atoms with Crippen molar-refractivity contribution in [3.8, 4) is 23.2 Å². The summed E-state index contributed by atoms with van der Waals surface area (Å²) in [4.78, 5) is 19.0. The Hall–Kier alpha value is -3.50. The summed E-state index contributed by atoms with van der Waals surface area (Å²) in [6.45, 7) is 5.48. The Morgan fingerprint density at radius 1 is 1.15 bits per heavy atom. The maximum atomic E-state index is 14.4. The van der Waals surface area contributed by atoms with Crippen molar-refractivity contribution in [3.63, 3.8) is 0 Å². The van der Waals surface area contributed by atoms with Crippen molar-refractivity contribution in [1.29, 1.82) is 0 Å². The molecule has 0 aliphatic carbocycles. The Kier molecular flexibility index (Phi) is 5.86. The van der Waals surface area contributed by atoms with E-state index in [0.717, 1.165) is 73.6 Å². The maximum absolute atomic E-state index is 14.4. The highest BCUT2D eigenvalue weighted by Crippen LogP contribution is 2.41. The third-order valence-electron chi connectivity index (χ3n) is 9.62. The molecular formula is C31H35FN6O3. The average Bonchev–Trinajstić information content (AvgIpc) is 3.72. The van der Waals surface area contributed by atoms with Gasteiger partial charge in [-0.2, -0.15) is 15.0 Å². The third-order valence-corrected chi connectivity index (χ3v) is 9.62. The molecule has 4 saturated heterocycles. The van der Waals surface area contributed by atoms with Crippen LogP contribution in [0.25, 0.3) is 33.5 Å². The molecule has 2 bridgehead atoms. The number of halogens is 1. The molecule has 4 aliphatic heterocycles. The molecule has 10 heteroatoms. The molecule has 0 radical (unpaired) electrons. The molecule has 8 rings (SSSR count). The number of rotatable bonds is 6. The third kappa shape index (κ3) is 4.22. The molecule has 4 aromatic rings. The van der Waals surface area contributed by atoms with Gasteiger partial charge in [-0.05, 0) is 67.1 Å². The number of phenolic OH excluding ortho intramolecular Hbond substituents is 1. The summed E-state index contributed by atoms with van der Waals surface area (Å²) >= 11 is 0. The predicted octanol–water partition coefficient (Wildman–Crippen LogP) is 4.60. The maximum Gasteiger partial charge on any atom is 0.320 e. The number of anilines is 1. The Balaban J connectivity index is 1.23. The molecule has 2 aromatic carbocycles. The number of hydrogen-bond acceptors (Lipinski definition) is 9. The molecule has 9 nitrogen and oxygen atoms in total. The molecule has 4 atom stereocenters. The number of piperazine rings is 1. The number of ether oxygens (including phenoxy) is 1. The van der Waals surface area contributed by atoms with Gasteiger partial charge in [0.1, 0.15) is 18.5 Å². The fourth-order valence-corrected chi connectivity index (χ4v) is 7.76. The van der Waals surface area contributed by atoms with Gasteiger partial charge in [0.2, 0.25) is 17.1 Å². The first-order valence-electron chi connectivity index (χ1n) is 14.9. The van der Waals surface area contributed by atoms with Crippen LogP contribution in [-0.4, -0.2) is 81.5 Å². The van der Waals surface area contributed by atoms with Crippen LogP contribution in [0.5, 0.6) is 11.8 Å². The van der Waals surface area contributed by atoms with Gasteiger partial charge in [-0.1, -0.05) is 25.1 Å². The van der Waals surface area contributed by atoms with Gasteiger partial charge in [0, 0.05) is 43.7 Å². The number of benzene rings is 2. The number of hydrogen-bond donors (Lipinski definition) is 2. The summed E-state index contributed by atoms with van der Waals surface area (Å²) < 4.78 is 27.2. The van der Waals surface area contributed by atoms with E-state index in [0.29, 0.717) is 54.6 Å². The van der Waals surface area contributed by atoms with Crippen LogP contribution in [0.1, 0.15) is 44.6 Å². The van der Waals surface area contributed by atoms with E-state index in [-0.39, 0.29) is 17.3 Å². The summed E-state index contributed by atoms with van der Waals surface area (Å²) in [6, 6.07) is 10.6. The molecular weight excluding hydrogens is 523 g/mol. The number of aromatic nitrogens is 3. The normalized spacial score (nSPS) is 27.8. The van der Waals surface area contributed by atoms with E-state index >= 15 is 0 Å². The quantitative estimate of drug-likeness (QED) is 0.352. The van der Waals surface area contributed by atoms with Crippen LogP contribution in [0.2, 0.25) is 0 Å². The average molecular weight is 559 g/mol. The molecule has 6 heterocycles. The van der Waals surface area contributed by atoms with Crippen LogP contribution in [-0.2, 0) is 6.42 Å². The minimum absolute atomic E-state index is 0.153. The minimum Gasteiger partial charge on any atom is -0.508 e. The van der Waals surface area contributed by atoms with Crippen molar-refractivity contribution in [1.82, 2.24) is 25.2 Å². The summed E-state index contributed by atoms with van der Waals surface area (Å²) in [7, 11) is 0. The fourth-order valence-electron chi connectivity index (χ4n) is 7.76. The largest absolute Gasteiger partial charge is 0.508 e. The molecule has 2 N–H and O–H groups in total. The Morgan fingerprint density at radius 3 is 2.83 bits per heavy atom. The monoisotopic (exact) mass is 558 g/mol. The molecule has 2 aromatic heterocycles.